The summed E-state index contributed by atoms with van der Waals surface area (Å²) < 4.78 is 3.55. The van der Waals surface area contributed by atoms with Crippen LogP contribution in [0.15, 0.2) is 58.8 Å². The molecule has 4 aromatic heterocycles. The van der Waals surface area contributed by atoms with Gasteiger partial charge in [0.2, 0.25) is 0 Å². The number of aromatic amines is 2. The van der Waals surface area contributed by atoms with Gasteiger partial charge in [-0.1, -0.05) is 17.7 Å². The van der Waals surface area contributed by atoms with Gasteiger partial charge in [0.1, 0.15) is 12.2 Å². The van der Waals surface area contributed by atoms with Crippen molar-refractivity contribution in [3.8, 4) is 11.3 Å². The summed E-state index contributed by atoms with van der Waals surface area (Å²) in [4.78, 5) is 21.8. The van der Waals surface area contributed by atoms with E-state index in [1.54, 1.807) is 17.1 Å². The smallest absolute Gasteiger partial charge is 0.252 e. The Morgan fingerprint density at radius 2 is 2.05 bits per heavy atom. The molecule has 1 fully saturated rings. The first-order valence-electron chi connectivity index (χ1n) is 12.4. The van der Waals surface area contributed by atoms with Gasteiger partial charge in [-0.3, -0.25) is 9.89 Å². The number of nitrogens with zero attached hydrogens (tertiary/aromatic N) is 7. The highest BCUT2D eigenvalue weighted by atomic mass is 35.5. The van der Waals surface area contributed by atoms with Crippen LogP contribution in [0.5, 0.6) is 0 Å². The van der Waals surface area contributed by atoms with Crippen molar-refractivity contribution in [1.29, 1.82) is 0 Å². The van der Waals surface area contributed by atoms with Crippen LogP contribution in [0, 0.1) is 5.92 Å². The molecular formula is C26H21ClN10O. The van der Waals surface area contributed by atoms with Crippen molar-refractivity contribution in [1.82, 2.24) is 44.9 Å². The van der Waals surface area contributed by atoms with E-state index < -0.39 is 0 Å². The lowest BCUT2D eigenvalue weighted by Crippen LogP contribution is -2.26. The molecule has 3 aliphatic rings. The number of tetrazole rings is 1. The second-order valence-corrected chi connectivity index (χ2v) is 10.6. The lowest BCUT2D eigenvalue weighted by Gasteiger charge is -2.20. The zero-order chi connectivity index (χ0) is 25.5. The average Bonchev–Trinajstić information content (AvgIpc) is 3.35. The summed E-state index contributed by atoms with van der Waals surface area (Å²) in [5, 5.41) is 20.3. The van der Waals surface area contributed by atoms with Crippen molar-refractivity contribution in [2.45, 2.75) is 31.2 Å². The summed E-state index contributed by atoms with van der Waals surface area (Å²) in [6, 6.07) is 9.62. The number of benzene rings is 1. The molecule has 38 heavy (non-hydrogen) atoms. The molecule has 3 atom stereocenters. The maximum absolute atomic E-state index is 13.6. The predicted octanol–water partition coefficient (Wildman–Crippen LogP) is 3.67. The van der Waals surface area contributed by atoms with Gasteiger partial charge in [0.05, 0.1) is 29.1 Å². The summed E-state index contributed by atoms with van der Waals surface area (Å²) in [6.45, 7) is 0. The van der Waals surface area contributed by atoms with Crippen LogP contribution in [0.1, 0.15) is 48.3 Å². The third-order valence-corrected chi connectivity index (χ3v) is 8.23. The van der Waals surface area contributed by atoms with Crippen LogP contribution in [0.25, 0.3) is 33.4 Å². The van der Waals surface area contributed by atoms with E-state index in [-0.39, 0.29) is 11.6 Å². The number of nitrogens with two attached hydrogens (primary N) is 1. The van der Waals surface area contributed by atoms with Crippen LogP contribution in [-0.2, 0) is 0 Å². The first-order valence-corrected chi connectivity index (χ1v) is 12.8. The second kappa shape index (κ2) is 7.75. The summed E-state index contributed by atoms with van der Waals surface area (Å²) in [5.41, 5.74) is 12.2. The first-order chi connectivity index (χ1) is 18.5. The number of nitrogens with one attached hydrogen (secondary N) is 2. The van der Waals surface area contributed by atoms with E-state index in [1.165, 1.54) is 0 Å². The van der Waals surface area contributed by atoms with Gasteiger partial charge in [0.25, 0.3) is 5.56 Å². The number of hydrogen-bond acceptors (Lipinski definition) is 7. The Balaban J connectivity index is 1.19. The Bertz CT molecular complexity index is 1880. The van der Waals surface area contributed by atoms with Gasteiger partial charge in [-0.25, -0.2) is 9.67 Å². The number of rotatable bonds is 4. The monoisotopic (exact) mass is 524 g/mol. The fraction of sp³-hybridized carbons (Fsp3) is 0.231. The highest BCUT2D eigenvalue weighted by Gasteiger charge is 2.54. The molecule has 1 saturated carbocycles. The molecular weight excluding hydrogens is 504 g/mol. The van der Waals surface area contributed by atoms with Crippen molar-refractivity contribution < 1.29 is 0 Å². The van der Waals surface area contributed by atoms with Gasteiger partial charge in [0.15, 0.2) is 5.82 Å². The standard InChI is InChI=1S/C26H21ClN10O/c27-14-2-4-21(36-11-30-34-35-36)16(8-14)13-6-22-17-9-18(17)24(37(22)23(38)7-13)26-29-10-20(31-26)12-1-3-15-19(5-12)32-33-25(15)28/h1,3,5-8,10-11,17-18,24H,2,4,9H2,(H,29,31)(H3,28,32,33). The number of H-pyrrole nitrogens is 2. The zero-order valence-corrected chi connectivity index (χ0v) is 20.7. The molecule has 0 spiro atoms. The molecule has 1 aromatic carbocycles. The lowest BCUT2D eigenvalue weighted by atomic mass is 9.96. The Kier molecular flexibility index (Phi) is 4.40. The van der Waals surface area contributed by atoms with Crippen molar-refractivity contribution in [3.05, 3.63) is 81.4 Å². The third kappa shape index (κ3) is 3.14. The number of hydrogen-bond donors (Lipinski definition) is 3. The van der Waals surface area contributed by atoms with Gasteiger partial charge < -0.3 is 15.3 Å². The van der Waals surface area contributed by atoms with Gasteiger partial charge >= 0.3 is 0 Å². The minimum Gasteiger partial charge on any atom is -0.382 e. The Labute approximate surface area is 220 Å². The number of imidazole rings is 1. The van der Waals surface area contributed by atoms with Gasteiger partial charge in [-0.2, -0.15) is 5.10 Å². The van der Waals surface area contributed by atoms with Crippen molar-refractivity contribution in [2.75, 3.05) is 5.73 Å². The number of fused-ring (bicyclic) bond motifs is 4. The zero-order valence-electron chi connectivity index (χ0n) is 20.0. The van der Waals surface area contributed by atoms with Crippen LogP contribution in [0.4, 0.5) is 5.82 Å². The highest BCUT2D eigenvalue weighted by molar-refractivity contribution is 6.30. The number of allylic oxidation sites excluding steroid dienone is 4. The highest BCUT2D eigenvalue weighted by Crippen LogP contribution is 2.60. The number of aromatic nitrogens is 9. The molecule has 2 aliphatic carbocycles. The van der Waals surface area contributed by atoms with E-state index in [4.69, 9.17) is 22.3 Å². The molecule has 1 aliphatic heterocycles. The van der Waals surface area contributed by atoms with Crippen LogP contribution >= 0.6 is 11.6 Å². The number of halogens is 1. The molecule has 188 valence electrons. The first kappa shape index (κ1) is 21.6. The van der Waals surface area contributed by atoms with Crippen LogP contribution in [0.3, 0.4) is 0 Å². The average molecular weight is 525 g/mol. The molecule has 5 heterocycles. The molecule has 0 saturated heterocycles. The topological polar surface area (TPSA) is 149 Å². The number of pyridine rings is 1. The number of nitrogen functional groups attached to an aromatic ring is 1. The summed E-state index contributed by atoms with van der Waals surface area (Å²) in [5.74, 6) is 1.93. The number of anilines is 1. The summed E-state index contributed by atoms with van der Waals surface area (Å²) in [7, 11) is 0. The van der Waals surface area contributed by atoms with E-state index in [0.29, 0.717) is 30.5 Å². The molecule has 4 N–H and O–H groups in total. The molecule has 11 nitrogen and oxygen atoms in total. The molecule has 0 radical (unpaired) electrons. The van der Waals surface area contributed by atoms with Crippen molar-refractivity contribution in [2.24, 2.45) is 5.92 Å². The quantitative estimate of drug-likeness (QED) is 0.324. The minimum atomic E-state index is -0.129. The molecule has 0 amide bonds. The van der Waals surface area contributed by atoms with Gasteiger partial charge in [-0.15, -0.1) is 5.10 Å². The van der Waals surface area contributed by atoms with Gasteiger partial charge in [0, 0.05) is 39.2 Å². The van der Waals surface area contributed by atoms with Crippen LogP contribution in [-0.4, -0.2) is 44.9 Å². The van der Waals surface area contributed by atoms with Crippen LogP contribution in [0.2, 0.25) is 0 Å². The van der Waals surface area contributed by atoms with Crippen molar-refractivity contribution >= 4 is 39.6 Å². The summed E-state index contributed by atoms with van der Waals surface area (Å²) in [6.07, 6.45) is 7.74. The van der Waals surface area contributed by atoms with Crippen LogP contribution < -0.4 is 11.3 Å². The Morgan fingerprint density at radius 3 is 2.92 bits per heavy atom. The third-order valence-electron chi connectivity index (χ3n) is 7.93. The maximum atomic E-state index is 13.6. The molecule has 12 heteroatoms. The van der Waals surface area contributed by atoms with E-state index in [9.17, 15) is 4.79 Å². The molecule has 8 rings (SSSR count). The fourth-order valence-corrected chi connectivity index (χ4v) is 6.26. The molecule has 0 bridgehead atoms. The van der Waals surface area contributed by atoms with E-state index in [1.807, 2.05) is 35.0 Å². The molecule has 3 unspecified atom stereocenters. The lowest BCUT2D eigenvalue weighted by molar-refractivity contribution is 0.514. The second-order valence-electron chi connectivity index (χ2n) is 10.1. The van der Waals surface area contributed by atoms with E-state index in [0.717, 1.165) is 62.0 Å². The molecule has 5 aromatic rings. The van der Waals surface area contributed by atoms with E-state index >= 15 is 0 Å². The predicted molar refractivity (Wildman–Crippen MR) is 142 cm³/mol. The largest absolute Gasteiger partial charge is 0.382 e. The summed E-state index contributed by atoms with van der Waals surface area (Å²) >= 11 is 6.43. The Hall–Kier alpha value is -4.51. The van der Waals surface area contributed by atoms with Crippen molar-refractivity contribution in [3.63, 3.8) is 0 Å². The maximum Gasteiger partial charge on any atom is 0.252 e. The Morgan fingerprint density at radius 1 is 1.13 bits per heavy atom. The van der Waals surface area contributed by atoms with Gasteiger partial charge in [-0.05, 0) is 65.4 Å². The fourth-order valence-electron chi connectivity index (χ4n) is 6.06. The SMILES string of the molecule is Nc1n[nH]c2cc(-c3cnc(C4C5CC5c5cc(C6=C(n7cnnn7)CCC(Cl)=C6)cc(=O)n54)[nH]3)ccc12. The minimum absolute atomic E-state index is 0.0549. The van der Waals surface area contributed by atoms with E-state index in [2.05, 4.69) is 36.8 Å². The normalized spacial score (nSPS) is 22.0.